The first-order valence-electron chi connectivity index (χ1n) is 5.10. The number of rotatable bonds is 6. The van der Waals surface area contributed by atoms with Crippen molar-refractivity contribution in [3.05, 3.63) is 35.9 Å². The molecule has 0 aromatic heterocycles. The van der Waals surface area contributed by atoms with Crippen LogP contribution in [0.5, 0.6) is 0 Å². The van der Waals surface area contributed by atoms with Crippen LogP contribution >= 0.6 is 36.6 Å². The van der Waals surface area contributed by atoms with Gasteiger partial charge in [-0.05, 0) is 5.56 Å². The zero-order valence-electron chi connectivity index (χ0n) is 9.83. The molecule has 0 aliphatic carbocycles. The Labute approximate surface area is 124 Å². The summed E-state index contributed by atoms with van der Waals surface area (Å²) in [6.07, 6.45) is -0.483. The van der Waals surface area contributed by atoms with Crippen LogP contribution in [0, 0.1) is 5.41 Å². The summed E-state index contributed by atoms with van der Waals surface area (Å²) in [6, 6.07) is 9.54. The maximum atomic E-state index is 9.79. The minimum absolute atomic E-state index is 0. The lowest BCUT2D eigenvalue weighted by Gasteiger charge is -2.11. The van der Waals surface area contributed by atoms with Gasteiger partial charge >= 0.3 is 0 Å². The second-order valence-electron chi connectivity index (χ2n) is 3.34. The highest BCUT2D eigenvalue weighted by molar-refractivity contribution is 8.13. The first-order chi connectivity index (χ1) is 7.70. The van der Waals surface area contributed by atoms with Crippen molar-refractivity contribution in [2.45, 2.75) is 6.10 Å². The van der Waals surface area contributed by atoms with Gasteiger partial charge in [0, 0.05) is 18.8 Å². The molecule has 0 saturated carbocycles. The smallest absolute Gasteiger partial charge is 0.151 e. The fourth-order valence-corrected chi connectivity index (χ4v) is 1.73. The zero-order valence-corrected chi connectivity index (χ0v) is 12.3. The number of hydrogen-bond donors (Lipinski definition) is 4. The maximum Gasteiger partial charge on any atom is 0.151 e. The Kier molecular flexibility index (Phi) is 12.8. The Hall–Kier alpha value is -0.460. The Balaban J connectivity index is 0. The van der Waals surface area contributed by atoms with Gasteiger partial charge in [-0.2, -0.15) is 0 Å². The van der Waals surface area contributed by atoms with Crippen molar-refractivity contribution in [3.8, 4) is 0 Å². The van der Waals surface area contributed by atoms with Crippen molar-refractivity contribution < 1.29 is 5.11 Å². The third kappa shape index (κ3) is 8.60. The number of nitrogens with one attached hydrogen (secondary N) is 2. The number of aliphatic hydroxyl groups is 1. The van der Waals surface area contributed by atoms with Crippen molar-refractivity contribution in [2.75, 3.05) is 18.8 Å². The first kappa shape index (κ1) is 19.9. The molecule has 0 aliphatic heterocycles. The Morgan fingerprint density at radius 1 is 1.33 bits per heavy atom. The van der Waals surface area contributed by atoms with E-state index in [9.17, 15) is 5.11 Å². The molecule has 0 heterocycles. The summed E-state index contributed by atoms with van der Waals surface area (Å²) < 4.78 is 0. The minimum Gasteiger partial charge on any atom is -0.387 e. The number of thioether (sulfide) groups is 1. The first-order valence-corrected chi connectivity index (χ1v) is 6.09. The molecule has 5 N–H and O–H groups in total. The van der Waals surface area contributed by atoms with E-state index >= 15 is 0 Å². The quantitative estimate of drug-likeness (QED) is 0.367. The summed E-state index contributed by atoms with van der Waals surface area (Å²) in [5.74, 6) is 0.747. The van der Waals surface area contributed by atoms with Gasteiger partial charge < -0.3 is 16.2 Å². The van der Waals surface area contributed by atoms with Crippen LogP contribution in [0.1, 0.15) is 11.7 Å². The van der Waals surface area contributed by atoms with Gasteiger partial charge in [-0.25, -0.2) is 0 Å². The van der Waals surface area contributed by atoms with Gasteiger partial charge in [0.2, 0.25) is 0 Å². The van der Waals surface area contributed by atoms with Crippen LogP contribution in [-0.4, -0.2) is 29.1 Å². The van der Waals surface area contributed by atoms with Gasteiger partial charge in [0.05, 0.1) is 6.10 Å². The largest absolute Gasteiger partial charge is 0.387 e. The standard InChI is InChI=1S/C11H17N3OS.2ClH/c12-11(13)16-7-6-14-8-10(15)9-4-2-1-3-5-9;;/h1-5,10,14-15H,6-8H2,(H3,12,13);2*1H. The van der Waals surface area contributed by atoms with Crippen LogP contribution in [-0.2, 0) is 0 Å². The lowest BCUT2D eigenvalue weighted by molar-refractivity contribution is 0.176. The van der Waals surface area contributed by atoms with Crippen molar-refractivity contribution in [1.82, 2.24) is 5.32 Å². The maximum absolute atomic E-state index is 9.79. The number of hydrogen-bond acceptors (Lipinski definition) is 4. The van der Waals surface area contributed by atoms with Gasteiger partial charge in [0.15, 0.2) is 5.17 Å². The third-order valence-electron chi connectivity index (χ3n) is 2.06. The summed E-state index contributed by atoms with van der Waals surface area (Å²) in [6.45, 7) is 1.25. The molecular formula is C11H19Cl2N3OS. The number of amidine groups is 1. The average molecular weight is 312 g/mol. The molecule has 1 aromatic carbocycles. The van der Waals surface area contributed by atoms with Crippen LogP contribution in [0.15, 0.2) is 30.3 Å². The molecule has 0 aliphatic rings. The van der Waals surface area contributed by atoms with Crippen molar-refractivity contribution in [2.24, 2.45) is 5.73 Å². The summed E-state index contributed by atoms with van der Waals surface area (Å²) in [7, 11) is 0. The van der Waals surface area contributed by atoms with Crippen molar-refractivity contribution in [3.63, 3.8) is 0 Å². The number of nitrogens with two attached hydrogens (primary N) is 1. The van der Waals surface area contributed by atoms with E-state index in [0.717, 1.165) is 17.9 Å². The normalized spacial score (nSPS) is 10.9. The molecule has 1 unspecified atom stereocenters. The number of halogens is 2. The van der Waals surface area contributed by atoms with Crippen LogP contribution < -0.4 is 11.1 Å². The van der Waals surface area contributed by atoms with Crippen LogP contribution in [0.4, 0.5) is 0 Å². The molecule has 4 nitrogen and oxygen atoms in total. The van der Waals surface area contributed by atoms with E-state index in [2.05, 4.69) is 5.32 Å². The third-order valence-corrected chi connectivity index (χ3v) is 2.78. The van der Waals surface area contributed by atoms with E-state index in [0.29, 0.717) is 6.54 Å². The van der Waals surface area contributed by atoms with E-state index in [-0.39, 0.29) is 30.0 Å². The fourth-order valence-electron chi connectivity index (χ4n) is 1.26. The van der Waals surface area contributed by atoms with Gasteiger partial charge in [0.25, 0.3) is 0 Å². The van der Waals surface area contributed by atoms with Crippen LogP contribution in [0.3, 0.4) is 0 Å². The molecule has 0 bridgehead atoms. The Morgan fingerprint density at radius 3 is 2.50 bits per heavy atom. The minimum atomic E-state index is -0.483. The number of aliphatic hydroxyl groups excluding tert-OH is 1. The van der Waals surface area contributed by atoms with E-state index in [1.54, 1.807) is 0 Å². The average Bonchev–Trinajstić information content (AvgIpc) is 2.29. The van der Waals surface area contributed by atoms with E-state index in [1.807, 2.05) is 30.3 Å². The molecule has 1 rings (SSSR count). The SMILES string of the molecule is Cl.Cl.N=C(N)SCCNCC(O)c1ccccc1. The fraction of sp³-hybridized carbons (Fsp3) is 0.364. The van der Waals surface area contributed by atoms with Gasteiger partial charge in [-0.3, -0.25) is 5.41 Å². The second kappa shape index (κ2) is 11.6. The van der Waals surface area contributed by atoms with Crippen molar-refractivity contribution >= 4 is 41.7 Å². The lowest BCUT2D eigenvalue weighted by Crippen LogP contribution is -2.24. The lowest BCUT2D eigenvalue weighted by atomic mass is 10.1. The summed E-state index contributed by atoms with van der Waals surface area (Å²) in [5, 5.41) is 20.1. The molecule has 104 valence electrons. The van der Waals surface area contributed by atoms with Gasteiger partial charge in [-0.15, -0.1) is 24.8 Å². The molecule has 18 heavy (non-hydrogen) atoms. The monoisotopic (exact) mass is 311 g/mol. The molecule has 0 spiro atoms. The predicted octanol–water partition coefficient (Wildman–Crippen LogP) is 1.78. The highest BCUT2D eigenvalue weighted by Crippen LogP contribution is 2.10. The zero-order chi connectivity index (χ0) is 11.8. The summed E-state index contributed by atoms with van der Waals surface area (Å²) >= 11 is 1.30. The van der Waals surface area contributed by atoms with E-state index < -0.39 is 6.10 Å². The predicted molar refractivity (Wildman–Crippen MR) is 83.1 cm³/mol. The number of benzene rings is 1. The second-order valence-corrected chi connectivity index (χ2v) is 4.48. The summed E-state index contributed by atoms with van der Waals surface area (Å²) in [4.78, 5) is 0. The van der Waals surface area contributed by atoms with E-state index in [4.69, 9.17) is 11.1 Å². The summed E-state index contributed by atoms with van der Waals surface area (Å²) in [5.41, 5.74) is 6.11. The van der Waals surface area contributed by atoms with Gasteiger partial charge in [0.1, 0.15) is 0 Å². The molecule has 0 saturated heterocycles. The molecule has 0 amide bonds. The Morgan fingerprint density at radius 2 is 1.94 bits per heavy atom. The highest BCUT2D eigenvalue weighted by atomic mass is 35.5. The molecule has 0 radical (unpaired) electrons. The molecule has 0 fully saturated rings. The van der Waals surface area contributed by atoms with E-state index in [1.165, 1.54) is 11.8 Å². The Bertz CT molecular complexity index is 327. The molecule has 1 atom stereocenters. The van der Waals surface area contributed by atoms with Gasteiger partial charge in [-0.1, -0.05) is 42.1 Å². The highest BCUT2D eigenvalue weighted by Gasteiger charge is 2.05. The molecular weight excluding hydrogens is 293 g/mol. The van der Waals surface area contributed by atoms with Crippen molar-refractivity contribution in [1.29, 1.82) is 5.41 Å². The van der Waals surface area contributed by atoms with Crippen LogP contribution in [0.2, 0.25) is 0 Å². The topological polar surface area (TPSA) is 82.1 Å². The molecule has 7 heteroatoms. The molecule has 1 aromatic rings. The van der Waals surface area contributed by atoms with Crippen LogP contribution in [0.25, 0.3) is 0 Å².